The largest absolute Gasteiger partial charge is 0.391 e. The Balaban J connectivity index is 2.03. The summed E-state index contributed by atoms with van der Waals surface area (Å²) in [7, 11) is 1.78. The van der Waals surface area contributed by atoms with Crippen molar-refractivity contribution in [1.82, 2.24) is 10.1 Å². The first-order valence-electron chi connectivity index (χ1n) is 6.86. The predicted molar refractivity (Wildman–Crippen MR) is 70.7 cm³/mol. The summed E-state index contributed by atoms with van der Waals surface area (Å²) in [4.78, 5) is 14.0. The molecule has 1 fully saturated rings. The third-order valence-electron chi connectivity index (χ3n) is 4.09. The van der Waals surface area contributed by atoms with Gasteiger partial charge in [0.25, 0.3) is 0 Å². The Morgan fingerprint density at radius 2 is 2.11 bits per heavy atom. The van der Waals surface area contributed by atoms with E-state index in [0.717, 1.165) is 36.9 Å². The summed E-state index contributed by atoms with van der Waals surface area (Å²) < 4.78 is 5.07. The van der Waals surface area contributed by atoms with Crippen LogP contribution >= 0.6 is 0 Å². The number of nitrogens with zero attached hydrogens (tertiary/aromatic N) is 2. The molecule has 0 spiro atoms. The quantitative estimate of drug-likeness (QED) is 0.902. The monoisotopic (exact) mass is 266 g/mol. The maximum atomic E-state index is 12.3. The second-order valence-electron chi connectivity index (χ2n) is 5.40. The van der Waals surface area contributed by atoms with Gasteiger partial charge in [0, 0.05) is 12.6 Å². The molecule has 106 valence electrons. The summed E-state index contributed by atoms with van der Waals surface area (Å²) in [5.74, 6) is 0.712. The summed E-state index contributed by atoms with van der Waals surface area (Å²) in [5, 5.41) is 13.9. The zero-order valence-corrected chi connectivity index (χ0v) is 11.8. The zero-order chi connectivity index (χ0) is 14.0. The number of aryl methyl sites for hydroxylation is 2. The second-order valence-corrected chi connectivity index (χ2v) is 5.40. The minimum atomic E-state index is -0.396. The fraction of sp³-hybridized carbons (Fsp3) is 0.714. The van der Waals surface area contributed by atoms with E-state index in [2.05, 4.69) is 5.16 Å². The normalized spacial score (nSPS) is 23.4. The Hall–Kier alpha value is -1.36. The van der Waals surface area contributed by atoms with Gasteiger partial charge in [-0.2, -0.15) is 0 Å². The van der Waals surface area contributed by atoms with Crippen LogP contribution in [0.2, 0.25) is 0 Å². The molecule has 2 rings (SSSR count). The number of amides is 1. The molecule has 2 unspecified atom stereocenters. The average Bonchev–Trinajstić information content (AvgIpc) is 2.70. The van der Waals surface area contributed by atoms with Crippen molar-refractivity contribution in [2.45, 2.75) is 58.1 Å². The van der Waals surface area contributed by atoms with Gasteiger partial charge in [-0.15, -0.1) is 0 Å². The van der Waals surface area contributed by atoms with Gasteiger partial charge in [0.2, 0.25) is 5.91 Å². The maximum absolute atomic E-state index is 12.3. The van der Waals surface area contributed by atoms with E-state index in [4.69, 9.17) is 4.52 Å². The number of aliphatic hydroxyl groups is 1. The molecule has 0 aromatic carbocycles. The molecule has 0 bridgehead atoms. The van der Waals surface area contributed by atoms with E-state index in [0.29, 0.717) is 12.2 Å². The van der Waals surface area contributed by atoms with E-state index in [9.17, 15) is 9.90 Å². The van der Waals surface area contributed by atoms with Gasteiger partial charge in [0.1, 0.15) is 5.76 Å². The fourth-order valence-corrected chi connectivity index (χ4v) is 2.76. The molecule has 1 heterocycles. The van der Waals surface area contributed by atoms with Crippen LogP contribution in [0.25, 0.3) is 0 Å². The number of hydrogen-bond donors (Lipinski definition) is 1. The van der Waals surface area contributed by atoms with Gasteiger partial charge in [-0.05, 0) is 26.7 Å². The van der Waals surface area contributed by atoms with Gasteiger partial charge in [-0.1, -0.05) is 18.0 Å². The van der Waals surface area contributed by atoms with Crippen molar-refractivity contribution in [3.8, 4) is 0 Å². The number of aromatic nitrogens is 1. The zero-order valence-electron chi connectivity index (χ0n) is 11.8. The minimum Gasteiger partial charge on any atom is -0.391 e. The van der Waals surface area contributed by atoms with Crippen molar-refractivity contribution in [3.05, 3.63) is 17.0 Å². The van der Waals surface area contributed by atoms with Gasteiger partial charge >= 0.3 is 0 Å². The van der Waals surface area contributed by atoms with Crippen molar-refractivity contribution in [2.24, 2.45) is 0 Å². The number of carbonyl (C=O) groups excluding carboxylic acids is 1. The molecule has 1 aliphatic carbocycles. The molecule has 2 atom stereocenters. The lowest BCUT2D eigenvalue weighted by Crippen LogP contribution is -2.46. The Morgan fingerprint density at radius 3 is 2.68 bits per heavy atom. The number of likely N-dealkylation sites (N-methyl/N-ethyl adjacent to an activating group) is 1. The van der Waals surface area contributed by atoms with Crippen LogP contribution in [-0.4, -0.2) is 40.3 Å². The topological polar surface area (TPSA) is 66.6 Å². The van der Waals surface area contributed by atoms with E-state index in [1.807, 2.05) is 13.8 Å². The summed E-state index contributed by atoms with van der Waals surface area (Å²) in [5.41, 5.74) is 1.63. The molecule has 19 heavy (non-hydrogen) atoms. The molecule has 5 heteroatoms. The number of carbonyl (C=O) groups is 1. The Bertz CT molecular complexity index is 436. The molecule has 0 radical (unpaired) electrons. The smallest absolute Gasteiger partial charge is 0.227 e. The van der Waals surface area contributed by atoms with Crippen LogP contribution in [0.4, 0.5) is 0 Å². The lowest BCUT2D eigenvalue weighted by molar-refractivity contribution is -0.134. The van der Waals surface area contributed by atoms with Crippen molar-refractivity contribution in [2.75, 3.05) is 7.05 Å². The van der Waals surface area contributed by atoms with Crippen molar-refractivity contribution >= 4 is 5.91 Å². The molecule has 1 saturated carbocycles. The summed E-state index contributed by atoms with van der Waals surface area (Å²) in [6, 6.07) is -0.0540. The minimum absolute atomic E-state index is 0.0142. The van der Waals surface area contributed by atoms with Gasteiger partial charge in [0.15, 0.2) is 0 Å². The molecule has 1 aromatic rings. The van der Waals surface area contributed by atoms with E-state index in [-0.39, 0.29) is 11.9 Å². The Kier molecular flexibility index (Phi) is 4.24. The van der Waals surface area contributed by atoms with Crippen LogP contribution in [0.5, 0.6) is 0 Å². The summed E-state index contributed by atoms with van der Waals surface area (Å²) >= 11 is 0. The summed E-state index contributed by atoms with van der Waals surface area (Å²) in [6.45, 7) is 3.66. The van der Waals surface area contributed by atoms with E-state index in [1.165, 1.54) is 0 Å². The molecule has 1 aromatic heterocycles. The number of aliphatic hydroxyl groups excluding tert-OH is 1. The van der Waals surface area contributed by atoms with Gasteiger partial charge in [-0.3, -0.25) is 4.79 Å². The lowest BCUT2D eigenvalue weighted by Gasteiger charge is -2.35. The van der Waals surface area contributed by atoms with Crippen LogP contribution in [0, 0.1) is 13.8 Å². The highest BCUT2D eigenvalue weighted by Crippen LogP contribution is 2.23. The average molecular weight is 266 g/mol. The molecule has 1 aliphatic rings. The number of rotatable bonds is 3. The van der Waals surface area contributed by atoms with Crippen LogP contribution < -0.4 is 0 Å². The molecule has 5 nitrogen and oxygen atoms in total. The van der Waals surface area contributed by atoms with E-state index < -0.39 is 6.10 Å². The first-order valence-corrected chi connectivity index (χ1v) is 6.86. The van der Waals surface area contributed by atoms with Crippen LogP contribution in [0.15, 0.2) is 4.52 Å². The molecule has 1 N–H and O–H groups in total. The Labute approximate surface area is 113 Å². The second kappa shape index (κ2) is 5.74. The lowest BCUT2D eigenvalue weighted by atomic mass is 9.91. The van der Waals surface area contributed by atoms with Crippen molar-refractivity contribution < 1.29 is 14.4 Å². The highest BCUT2D eigenvalue weighted by Gasteiger charge is 2.29. The molecule has 1 amide bonds. The molecular weight excluding hydrogens is 244 g/mol. The predicted octanol–water partition coefficient (Wildman–Crippen LogP) is 1.60. The van der Waals surface area contributed by atoms with E-state index >= 15 is 0 Å². The summed E-state index contributed by atoms with van der Waals surface area (Å²) in [6.07, 6.45) is 3.68. The first-order chi connectivity index (χ1) is 9.00. The van der Waals surface area contributed by atoms with Crippen molar-refractivity contribution in [3.63, 3.8) is 0 Å². The highest BCUT2D eigenvalue weighted by atomic mass is 16.5. The van der Waals surface area contributed by atoms with Crippen molar-refractivity contribution in [1.29, 1.82) is 0 Å². The third kappa shape index (κ3) is 2.97. The molecule has 0 aliphatic heterocycles. The standard InChI is InChI=1S/C14H22N2O3/c1-9-11(10(2)19-15-9)8-14(18)16(3)12-6-4-5-7-13(12)17/h12-13,17H,4-8H2,1-3H3. The van der Waals surface area contributed by atoms with Gasteiger partial charge < -0.3 is 14.5 Å². The highest BCUT2D eigenvalue weighted by molar-refractivity contribution is 5.79. The first kappa shape index (κ1) is 14.1. The van der Waals surface area contributed by atoms with Gasteiger partial charge in [-0.25, -0.2) is 0 Å². The molecule has 0 saturated heterocycles. The van der Waals surface area contributed by atoms with Crippen LogP contribution in [0.3, 0.4) is 0 Å². The van der Waals surface area contributed by atoms with Gasteiger partial charge in [0.05, 0.1) is 24.3 Å². The molecular formula is C14H22N2O3. The Morgan fingerprint density at radius 1 is 1.42 bits per heavy atom. The number of hydrogen-bond acceptors (Lipinski definition) is 4. The third-order valence-corrected chi connectivity index (χ3v) is 4.09. The van der Waals surface area contributed by atoms with E-state index in [1.54, 1.807) is 11.9 Å². The van der Waals surface area contributed by atoms with Crippen LogP contribution in [-0.2, 0) is 11.2 Å². The fourth-order valence-electron chi connectivity index (χ4n) is 2.76. The SMILES string of the molecule is Cc1noc(C)c1CC(=O)N(C)C1CCCCC1O. The maximum Gasteiger partial charge on any atom is 0.227 e. The van der Waals surface area contributed by atoms with Crippen LogP contribution in [0.1, 0.15) is 42.7 Å².